The van der Waals surface area contributed by atoms with E-state index in [1.807, 2.05) is 38.1 Å². The number of nitrogens with zero attached hydrogens (tertiary/aromatic N) is 2. The van der Waals surface area contributed by atoms with Crippen LogP contribution >= 0.6 is 0 Å². The van der Waals surface area contributed by atoms with Crippen molar-refractivity contribution in [3.05, 3.63) is 101 Å². The van der Waals surface area contributed by atoms with Gasteiger partial charge in [0.25, 0.3) is 0 Å². The van der Waals surface area contributed by atoms with Crippen LogP contribution in [-0.4, -0.2) is 15.7 Å². The summed E-state index contributed by atoms with van der Waals surface area (Å²) in [6, 6.07) is 19.2. The van der Waals surface area contributed by atoms with Gasteiger partial charge in [0, 0.05) is 17.7 Å². The zero-order valence-corrected chi connectivity index (χ0v) is 18.3. The van der Waals surface area contributed by atoms with Gasteiger partial charge in [-0.15, -0.1) is 0 Å². The Bertz CT molecular complexity index is 1270. The van der Waals surface area contributed by atoms with Crippen LogP contribution in [0.1, 0.15) is 23.2 Å². The lowest BCUT2D eigenvalue weighted by Crippen LogP contribution is -2.12. The number of halogens is 2. The summed E-state index contributed by atoms with van der Waals surface area (Å²) in [5.74, 6) is -0.00302. The molecule has 4 aromatic rings. The molecular weight excluding hydrogens is 424 g/mol. The zero-order chi connectivity index (χ0) is 23.4. The molecule has 5 nitrogen and oxygen atoms in total. The van der Waals surface area contributed by atoms with Crippen molar-refractivity contribution in [2.45, 2.75) is 26.7 Å². The fraction of sp³-hybridized carbons (Fsp3) is 0.154. The molecule has 1 aromatic heterocycles. The van der Waals surface area contributed by atoms with Crippen molar-refractivity contribution in [2.24, 2.45) is 0 Å². The minimum absolute atomic E-state index is 0.178. The number of aryl methyl sites for hydroxylation is 2. The minimum atomic E-state index is -0.366. The van der Waals surface area contributed by atoms with Gasteiger partial charge in [0.15, 0.2) is 0 Å². The summed E-state index contributed by atoms with van der Waals surface area (Å²) in [5.41, 5.74) is 3.90. The fourth-order valence-corrected chi connectivity index (χ4v) is 3.48. The third-order valence-corrected chi connectivity index (χ3v) is 5.14. The highest BCUT2D eigenvalue weighted by Crippen LogP contribution is 2.32. The second-order valence-electron chi connectivity index (χ2n) is 7.73. The quantitative estimate of drug-likeness (QED) is 0.371. The van der Waals surface area contributed by atoms with Crippen LogP contribution in [0.2, 0.25) is 0 Å². The number of anilines is 1. The fourth-order valence-electron chi connectivity index (χ4n) is 3.48. The molecule has 0 unspecified atom stereocenters. The molecule has 0 bridgehead atoms. The van der Waals surface area contributed by atoms with Crippen molar-refractivity contribution in [3.63, 3.8) is 0 Å². The molecule has 1 amide bonds. The molecule has 0 spiro atoms. The number of hydrogen-bond acceptors (Lipinski definition) is 3. The van der Waals surface area contributed by atoms with Gasteiger partial charge in [-0.2, -0.15) is 5.10 Å². The average Bonchev–Trinajstić information content (AvgIpc) is 3.10. The highest BCUT2D eigenvalue weighted by atomic mass is 19.1. The van der Waals surface area contributed by atoms with Crippen LogP contribution in [0.15, 0.2) is 72.8 Å². The molecule has 0 atom stereocenters. The van der Waals surface area contributed by atoms with Crippen LogP contribution in [0.25, 0.3) is 5.69 Å². The van der Waals surface area contributed by atoms with Gasteiger partial charge in [-0.05, 0) is 86.5 Å². The van der Waals surface area contributed by atoms with Gasteiger partial charge in [0.05, 0.1) is 11.4 Å². The Labute approximate surface area is 190 Å². The predicted octanol–water partition coefficient (Wildman–Crippen LogP) is 6.13. The standard InChI is InChI=1S/C26H23F2N3O2/c1-17-4-3-5-22(16-17)31-26(33-23-12-8-20(28)9-13-23)24(18(2)30-31)14-15-25(32)29-21-10-6-19(27)7-11-21/h3-13,16H,14-15H2,1-2H3,(H,29,32). The van der Waals surface area contributed by atoms with Crippen molar-refractivity contribution in [1.82, 2.24) is 9.78 Å². The molecule has 0 saturated carbocycles. The lowest BCUT2D eigenvalue weighted by Gasteiger charge is -2.12. The van der Waals surface area contributed by atoms with Gasteiger partial charge in [0.2, 0.25) is 11.8 Å². The number of aromatic nitrogens is 2. The van der Waals surface area contributed by atoms with E-state index in [4.69, 9.17) is 4.74 Å². The molecule has 1 heterocycles. The molecule has 1 N–H and O–H groups in total. The Balaban J connectivity index is 1.61. The summed E-state index contributed by atoms with van der Waals surface area (Å²) < 4.78 is 34.3. The molecule has 0 aliphatic rings. The molecule has 0 fully saturated rings. The number of hydrogen-bond donors (Lipinski definition) is 1. The van der Waals surface area contributed by atoms with Crippen molar-refractivity contribution < 1.29 is 18.3 Å². The normalized spacial score (nSPS) is 10.8. The molecule has 0 aliphatic carbocycles. The van der Waals surface area contributed by atoms with Gasteiger partial charge in [-0.1, -0.05) is 12.1 Å². The first kappa shape index (κ1) is 22.2. The zero-order valence-electron chi connectivity index (χ0n) is 18.3. The number of benzene rings is 3. The van der Waals surface area contributed by atoms with E-state index in [1.54, 1.807) is 16.8 Å². The van der Waals surface area contributed by atoms with Crippen LogP contribution in [0, 0.1) is 25.5 Å². The van der Waals surface area contributed by atoms with Crippen molar-refractivity contribution in [3.8, 4) is 17.3 Å². The Kier molecular flexibility index (Phi) is 6.49. The highest BCUT2D eigenvalue weighted by Gasteiger charge is 2.20. The van der Waals surface area contributed by atoms with Crippen LogP contribution in [0.5, 0.6) is 11.6 Å². The second kappa shape index (κ2) is 9.65. The Hall–Kier alpha value is -4.00. The largest absolute Gasteiger partial charge is 0.439 e. The summed E-state index contributed by atoms with van der Waals surface area (Å²) in [4.78, 5) is 12.5. The van der Waals surface area contributed by atoms with Crippen molar-refractivity contribution >= 4 is 11.6 Å². The average molecular weight is 447 g/mol. The summed E-state index contributed by atoms with van der Waals surface area (Å²) in [5, 5.41) is 7.42. The third kappa shape index (κ3) is 5.44. The summed E-state index contributed by atoms with van der Waals surface area (Å²) in [6.07, 6.45) is 0.554. The maximum absolute atomic E-state index is 13.4. The number of amides is 1. The first-order chi connectivity index (χ1) is 15.9. The molecule has 33 heavy (non-hydrogen) atoms. The molecule has 7 heteroatoms. The minimum Gasteiger partial charge on any atom is -0.439 e. The Morgan fingerprint density at radius 3 is 2.30 bits per heavy atom. The maximum atomic E-state index is 13.4. The molecule has 168 valence electrons. The van der Waals surface area contributed by atoms with E-state index in [1.165, 1.54) is 36.4 Å². The SMILES string of the molecule is Cc1cccc(-n2nc(C)c(CCC(=O)Nc3ccc(F)cc3)c2Oc2ccc(F)cc2)c1. The van der Waals surface area contributed by atoms with E-state index in [-0.39, 0.29) is 24.0 Å². The van der Waals surface area contributed by atoms with Gasteiger partial charge < -0.3 is 10.1 Å². The predicted molar refractivity (Wildman–Crippen MR) is 123 cm³/mol. The first-order valence-corrected chi connectivity index (χ1v) is 10.5. The van der Waals surface area contributed by atoms with Gasteiger partial charge in [0.1, 0.15) is 17.4 Å². The maximum Gasteiger partial charge on any atom is 0.226 e. The van der Waals surface area contributed by atoms with E-state index in [0.717, 1.165) is 22.5 Å². The highest BCUT2D eigenvalue weighted by molar-refractivity contribution is 5.90. The van der Waals surface area contributed by atoms with Crippen LogP contribution in [-0.2, 0) is 11.2 Å². The molecule has 4 rings (SSSR count). The van der Waals surface area contributed by atoms with Gasteiger partial charge in [-0.3, -0.25) is 4.79 Å². The number of ether oxygens (including phenoxy) is 1. The van der Waals surface area contributed by atoms with Crippen LogP contribution in [0.4, 0.5) is 14.5 Å². The summed E-state index contributed by atoms with van der Waals surface area (Å²) in [6.45, 7) is 3.85. The Morgan fingerprint density at radius 2 is 1.64 bits per heavy atom. The smallest absolute Gasteiger partial charge is 0.226 e. The van der Waals surface area contributed by atoms with Crippen LogP contribution in [0.3, 0.4) is 0 Å². The van der Waals surface area contributed by atoms with Crippen molar-refractivity contribution in [2.75, 3.05) is 5.32 Å². The van der Waals surface area contributed by atoms with E-state index in [0.29, 0.717) is 23.7 Å². The van der Waals surface area contributed by atoms with Gasteiger partial charge >= 0.3 is 0 Å². The molecule has 3 aromatic carbocycles. The van der Waals surface area contributed by atoms with E-state index >= 15 is 0 Å². The molecule has 0 aliphatic heterocycles. The lowest BCUT2D eigenvalue weighted by molar-refractivity contribution is -0.116. The topological polar surface area (TPSA) is 56.2 Å². The second-order valence-corrected chi connectivity index (χ2v) is 7.73. The number of nitrogens with one attached hydrogen (secondary N) is 1. The lowest BCUT2D eigenvalue weighted by atomic mass is 10.1. The van der Waals surface area contributed by atoms with E-state index in [9.17, 15) is 13.6 Å². The van der Waals surface area contributed by atoms with E-state index in [2.05, 4.69) is 10.4 Å². The summed E-state index contributed by atoms with van der Waals surface area (Å²) >= 11 is 0. The van der Waals surface area contributed by atoms with Gasteiger partial charge in [-0.25, -0.2) is 13.5 Å². The first-order valence-electron chi connectivity index (χ1n) is 10.5. The molecule has 0 saturated heterocycles. The number of carbonyl (C=O) groups excluding carboxylic acids is 1. The van der Waals surface area contributed by atoms with Crippen molar-refractivity contribution in [1.29, 1.82) is 0 Å². The molecule has 0 radical (unpaired) electrons. The monoisotopic (exact) mass is 447 g/mol. The summed E-state index contributed by atoms with van der Waals surface area (Å²) in [7, 11) is 0. The third-order valence-electron chi connectivity index (χ3n) is 5.14. The Morgan fingerprint density at radius 1 is 0.970 bits per heavy atom. The number of carbonyl (C=O) groups is 1. The van der Waals surface area contributed by atoms with E-state index < -0.39 is 0 Å². The van der Waals surface area contributed by atoms with Crippen LogP contribution < -0.4 is 10.1 Å². The number of rotatable bonds is 7. The molecular formula is C26H23F2N3O2.